The standard InChI is InChI=1S/C17H23F2N3O6/c1-9(2)11(23)6-26-8-14(24)27-7-12-15(25)17(18,19)16(28-12)22-5-4-13(20)21-10(22)3/h4-5,9,12,15-16,25H,3,6-8H2,1-2H3,(H2,20,21)/t12-,15?,16-/m1/s1. The van der Waals surface area contributed by atoms with Crippen molar-refractivity contribution in [3.05, 3.63) is 24.7 Å². The van der Waals surface area contributed by atoms with Crippen LogP contribution in [0.3, 0.4) is 0 Å². The fourth-order valence-electron chi connectivity index (χ4n) is 2.42. The fraction of sp³-hybridized carbons (Fsp3) is 0.588. The molecule has 3 atom stereocenters. The van der Waals surface area contributed by atoms with Crippen molar-refractivity contribution in [2.24, 2.45) is 16.6 Å². The van der Waals surface area contributed by atoms with E-state index in [2.05, 4.69) is 11.6 Å². The van der Waals surface area contributed by atoms with Gasteiger partial charge in [-0.1, -0.05) is 20.4 Å². The lowest BCUT2D eigenvalue weighted by Crippen LogP contribution is -2.47. The highest BCUT2D eigenvalue weighted by Gasteiger charge is 2.61. The topological polar surface area (TPSA) is 124 Å². The number of aliphatic hydroxyl groups excluding tert-OH is 1. The molecule has 2 heterocycles. The second kappa shape index (κ2) is 8.76. The first-order chi connectivity index (χ1) is 13.0. The van der Waals surface area contributed by atoms with E-state index in [9.17, 15) is 23.5 Å². The first-order valence-electron chi connectivity index (χ1n) is 8.51. The number of alkyl halides is 2. The van der Waals surface area contributed by atoms with Crippen LogP contribution in [-0.4, -0.2) is 71.8 Å². The third-order valence-electron chi connectivity index (χ3n) is 4.11. The average molecular weight is 403 g/mol. The van der Waals surface area contributed by atoms with E-state index < -0.39 is 43.5 Å². The van der Waals surface area contributed by atoms with E-state index in [1.807, 2.05) is 0 Å². The molecule has 1 unspecified atom stereocenters. The van der Waals surface area contributed by atoms with Crippen molar-refractivity contribution in [1.29, 1.82) is 0 Å². The molecule has 0 aromatic rings. The highest BCUT2D eigenvalue weighted by molar-refractivity contribution is 5.92. The zero-order chi connectivity index (χ0) is 21.1. The lowest BCUT2D eigenvalue weighted by Gasteiger charge is -2.31. The quantitative estimate of drug-likeness (QED) is 0.549. The summed E-state index contributed by atoms with van der Waals surface area (Å²) in [5, 5.41) is 9.90. The second-order valence-electron chi connectivity index (χ2n) is 6.62. The largest absolute Gasteiger partial charge is 0.461 e. The highest BCUT2D eigenvalue weighted by Crippen LogP contribution is 2.40. The SMILES string of the molecule is C=C1N=C(N)C=CN1[C@@H]1O[C@H](COC(=O)COCC(=O)C(C)C)C(O)C1(F)F. The summed E-state index contributed by atoms with van der Waals surface area (Å²) in [5.74, 6) is -4.99. The molecule has 0 aromatic carbocycles. The Morgan fingerprint density at radius 3 is 2.75 bits per heavy atom. The van der Waals surface area contributed by atoms with Gasteiger partial charge in [0.15, 0.2) is 11.9 Å². The number of aliphatic imine (C=N–C) groups is 1. The van der Waals surface area contributed by atoms with Gasteiger partial charge >= 0.3 is 11.9 Å². The Morgan fingerprint density at radius 2 is 2.14 bits per heavy atom. The lowest BCUT2D eigenvalue weighted by atomic mass is 10.1. The summed E-state index contributed by atoms with van der Waals surface area (Å²) in [6.07, 6.45) is -3.11. The van der Waals surface area contributed by atoms with Gasteiger partial charge in [-0.2, -0.15) is 8.78 Å². The van der Waals surface area contributed by atoms with Crippen LogP contribution in [0.2, 0.25) is 0 Å². The number of aliphatic hydroxyl groups is 1. The molecule has 3 N–H and O–H groups in total. The van der Waals surface area contributed by atoms with Gasteiger partial charge in [0.2, 0.25) is 6.23 Å². The minimum atomic E-state index is -3.69. The number of ketones is 1. The number of ether oxygens (including phenoxy) is 3. The molecule has 9 nitrogen and oxygen atoms in total. The van der Waals surface area contributed by atoms with E-state index in [1.165, 1.54) is 12.3 Å². The predicted molar refractivity (Wildman–Crippen MR) is 93.0 cm³/mol. The molecule has 2 rings (SSSR count). The van der Waals surface area contributed by atoms with Crippen molar-refractivity contribution in [2.45, 2.75) is 38.2 Å². The maximum absolute atomic E-state index is 14.4. The van der Waals surface area contributed by atoms with Gasteiger partial charge in [-0.3, -0.25) is 4.79 Å². The smallest absolute Gasteiger partial charge is 0.332 e. The van der Waals surface area contributed by atoms with Crippen molar-refractivity contribution in [3.63, 3.8) is 0 Å². The molecule has 2 aliphatic rings. The molecule has 11 heteroatoms. The van der Waals surface area contributed by atoms with Crippen molar-refractivity contribution in [2.75, 3.05) is 19.8 Å². The normalized spacial score (nSPS) is 26.5. The van der Waals surface area contributed by atoms with Crippen LogP contribution in [0.1, 0.15) is 13.8 Å². The van der Waals surface area contributed by atoms with Gasteiger partial charge in [0.25, 0.3) is 0 Å². The van der Waals surface area contributed by atoms with Crippen molar-refractivity contribution in [1.82, 2.24) is 4.90 Å². The molecule has 0 amide bonds. The summed E-state index contributed by atoms with van der Waals surface area (Å²) in [4.78, 5) is 27.7. The number of carbonyl (C=O) groups is 2. The third kappa shape index (κ3) is 4.91. The van der Waals surface area contributed by atoms with Crippen LogP contribution < -0.4 is 5.73 Å². The number of hydrogen-bond acceptors (Lipinski definition) is 9. The van der Waals surface area contributed by atoms with E-state index in [-0.39, 0.29) is 30.0 Å². The number of nitrogens with zero attached hydrogens (tertiary/aromatic N) is 2. The maximum Gasteiger partial charge on any atom is 0.332 e. The first-order valence-corrected chi connectivity index (χ1v) is 8.51. The third-order valence-corrected chi connectivity index (χ3v) is 4.11. The van der Waals surface area contributed by atoms with E-state index in [0.29, 0.717) is 0 Å². The summed E-state index contributed by atoms with van der Waals surface area (Å²) in [7, 11) is 0. The summed E-state index contributed by atoms with van der Waals surface area (Å²) >= 11 is 0. The van der Waals surface area contributed by atoms with Crippen LogP contribution in [0.4, 0.5) is 8.78 Å². The number of esters is 1. The number of Topliss-reactive ketones (excluding diaryl/α,β-unsaturated/α-hetero) is 1. The van der Waals surface area contributed by atoms with E-state index in [1.54, 1.807) is 13.8 Å². The van der Waals surface area contributed by atoms with Crippen LogP contribution in [0, 0.1) is 5.92 Å². The first kappa shape index (κ1) is 21.9. The second-order valence-corrected chi connectivity index (χ2v) is 6.62. The number of hydrogen-bond donors (Lipinski definition) is 2. The zero-order valence-electron chi connectivity index (χ0n) is 15.5. The molecular weight excluding hydrogens is 380 g/mol. The van der Waals surface area contributed by atoms with Crippen LogP contribution in [0.5, 0.6) is 0 Å². The van der Waals surface area contributed by atoms with Gasteiger partial charge < -0.3 is 30.0 Å². The maximum atomic E-state index is 14.4. The molecule has 0 saturated carbocycles. The molecule has 0 radical (unpaired) electrons. The molecule has 0 aromatic heterocycles. The summed E-state index contributed by atoms with van der Waals surface area (Å²) in [6, 6.07) is 0. The summed E-state index contributed by atoms with van der Waals surface area (Å²) < 4.78 is 43.8. The number of carbonyl (C=O) groups excluding carboxylic acids is 2. The van der Waals surface area contributed by atoms with E-state index in [0.717, 1.165) is 4.90 Å². The van der Waals surface area contributed by atoms with Crippen LogP contribution in [-0.2, 0) is 23.8 Å². The predicted octanol–water partition coefficient (Wildman–Crippen LogP) is 0.150. The van der Waals surface area contributed by atoms with Crippen molar-refractivity contribution < 1.29 is 37.7 Å². The number of nitrogens with two attached hydrogens (primary N) is 1. The number of halogens is 2. The molecule has 1 saturated heterocycles. The van der Waals surface area contributed by atoms with Crippen LogP contribution in [0.25, 0.3) is 0 Å². The Hall–Kier alpha value is -2.37. The molecule has 1 fully saturated rings. The minimum Gasteiger partial charge on any atom is -0.461 e. The monoisotopic (exact) mass is 403 g/mol. The molecule has 0 aliphatic carbocycles. The molecule has 0 bridgehead atoms. The van der Waals surface area contributed by atoms with Gasteiger partial charge in [0.05, 0.1) is 0 Å². The van der Waals surface area contributed by atoms with Crippen LogP contribution in [0.15, 0.2) is 29.7 Å². The summed E-state index contributed by atoms with van der Waals surface area (Å²) in [5.41, 5.74) is 5.47. The zero-order valence-corrected chi connectivity index (χ0v) is 15.5. The Kier molecular flexibility index (Phi) is 6.86. The van der Waals surface area contributed by atoms with Crippen LogP contribution >= 0.6 is 0 Å². The average Bonchev–Trinajstić information content (AvgIpc) is 2.83. The van der Waals surface area contributed by atoms with Gasteiger partial charge in [-0.05, 0) is 6.08 Å². The Balaban J connectivity index is 1.88. The van der Waals surface area contributed by atoms with Gasteiger partial charge in [0, 0.05) is 12.1 Å². The van der Waals surface area contributed by atoms with E-state index in [4.69, 9.17) is 19.9 Å². The lowest BCUT2D eigenvalue weighted by molar-refractivity contribution is -0.157. The summed E-state index contributed by atoms with van der Waals surface area (Å²) in [6.45, 7) is 5.48. The minimum absolute atomic E-state index is 0.0854. The Labute approximate surface area is 160 Å². The Morgan fingerprint density at radius 1 is 1.46 bits per heavy atom. The number of rotatable bonds is 8. The molecule has 2 aliphatic heterocycles. The molecule has 0 spiro atoms. The van der Waals surface area contributed by atoms with Crippen molar-refractivity contribution in [3.8, 4) is 0 Å². The van der Waals surface area contributed by atoms with Gasteiger partial charge in [0.1, 0.15) is 37.6 Å². The fourth-order valence-corrected chi connectivity index (χ4v) is 2.42. The molecule has 28 heavy (non-hydrogen) atoms. The highest BCUT2D eigenvalue weighted by atomic mass is 19.3. The Bertz CT molecular complexity index is 694. The van der Waals surface area contributed by atoms with E-state index >= 15 is 0 Å². The van der Waals surface area contributed by atoms with Crippen molar-refractivity contribution >= 4 is 17.6 Å². The van der Waals surface area contributed by atoms with Gasteiger partial charge in [-0.25, -0.2) is 9.79 Å². The number of amidine groups is 1. The van der Waals surface area contributed by atoms with Gasteiger partial charge in [-0.15, -0.1) is 0 Å². The molecular formula is C17H23F2N3O6. The molecule has 156 valence electrons.